The number of nitrogens with one attached hydrogen (secondary N) is 1. The Bertz CT molecular complexity index is 1840. The summed E-state index contributed by atoms with van der Waals surface area (Å²) in [7, 11) is 1.65. The average Bonchev–Trinajstić information content (AvgIpc) is 3.37. The summed E-state index contributed by atoms with van der Waals surface area (Å²) < 4.78 is 7.37. The number of aromatic amines is 1. The molecule has 4 aromatic rings. The van der Waals surface area contributed by atoms with Crippen LogP contribution in [-0.2, 0) is 30.7 Å². The minimum atomic E-state index is -0.368. The quantitative estimate of drug-likeness (QED) is 0.297. The van der Waals surface area contributed by atoms with Crippen LogP contribution in [-0.4, -0.2) is 51.5 Å². The second-order valence-corrected chi connectivity index (χ2v) is 12.1. The molecule has 214 valence electrons. The van der Waals surface area contributed by atoms with Gasteiger partial charge in [0.1, 0.15) is 5.75 Å². The van der Waals surface area contributed by atoms with E-state index in [4.69, 9.17) is 4.74 Å². The first-order chi connectivity index (χ1) is 20.4. The molecule has 0 unspecified atom stereocenters. The van der Waals surface area contributed by atoms with Crippen molar-refractivity contribution >= 4 is 28.2 Å². The van der Waals surface area contributed by atoms with E-state index in [1.54, 1.807) is 25.3 Å². The highest BCUT2D eigenvalue weighted by Crippen LogP contribution is 2.48. The van der Waals surface area contributed by atoms with Crippen molar-refractivity contribution in [1.29, 1.82) is 0 Å². The number of hydrogen-bond donors (Lipinski definition) is 1. The number of rotatable bonds is 3. The molecular formula is C32H31N5O5. The van der Waals surface area contributed by atoms with Crippen molar-refractivity contribution in [2.24, 2.45) is 11.8 Å². The molecule has 1 N–H and O–H groups in total. The molecule has 4 aliphatic rings. The maximum absolute atomic E-state index is 14.6. The number of aromatic nitrogens is 2. The molecule has 0 aliphatic carbocycles. The SMILES string of the molecule is COc1ccc2[nH]c3c(c2c1)CN(C(=O)[C@@H]1Cc2cc([N+](=O)[O-])ccc2N2C[C@@H]4C[C@@H](Cn5c4cccc5=O)[C@@H]12)CC3. The van der Waals surface area contributed by atoms with E-state index >= 15 is 0 Å². The standard InChI is InChI=1S/C32H31N5O5/c1-42-22-6-7-26-23(14-22)25-17-34(10-9-27(25)33-26)32(39)24-13-18-12-21(37(40)41)5-8-29(18)36-15-19-11-20(31(24)36)16-35-28(19)3-2-4-30(35)38/h2-8,12,14,19-20,24,31,33H,9-11,13,15-17H2,1H3/t19-,20-,24+,31-/m0/s1. The number of benzene rings is 2. The smallest absolute Gasteiger partial charge is 0.269 e. The van der Waals surface area contributed by atoms with Gasteiger partial charge in [0.25, 0.3) is 11.2 Å². The summed E-state index contributed by atoms with van der Waals surface area (Å²) >= 11 is 0. The number of nitrogens with zero attached hydrogens (tertiary/aromatic N) is 4. The number of pyridine rings is 1. The minimum absolute atomic E-state index is 0.00341. The molecule has 1 saturated heterocycles. The largest absolute Gasteiger partial charge is 0.497 e. The number of fused-ring (bicyclic) bond motifs is 11. The zero-order valence-electron chi connectivity index (χ0n) is 23.3. The number of carbonyl (C=O) groups excluding carboxylic acids is 1. The Labute approximate surface area is 241 Å². The van der Waals surface area contributed by atoms with Crippen molar-refractivity contribution in [3.05, 3.63) is 97.6 Å². The summed E-state index contributed by atoms with van der Waals surface area (Å²) in [5, 5.41) is 12.7. The Morgan fingerprint density at radius 2 is 2.00 bits per heavy atom. The normalized spacial score (nSPS) is 23.9. The van der Waals surface area contributed by atoms with Gasteiger partial charge in [0, 0.05) is 96.3 Å². The van der Waals surface area contributed by atoms with Gasteiger partial charge in [-0.15, -0.1) is 0 Å². The van der Waals surface area contributed by atoms with Crippen LogP contribution in [0.1, 0.15) is 34.9 Å². The minimum Gasteiger partial charge on any atom is -0.497 e. The predicted octanol–water partition coefficient (Wildman–Crippen LogP) is 4.00. The van der Waals surface area contributed by atoms with Gasteiger partial charge in [-0.25, -0.2) is 0 Å². The third kappa shape index (κ3) is 3.70. The van der Waals surface area contributed by atoms with Crippen molar-refractivity contribution in [2.75, 3.05) is 25.1 Å². The van der Waals surface area contributed by atoms with Gasteiger partial charge in [0.05, 0.1) is 18.0 Å². The molecule has 0 spiro atoms. The molecule has 2 aromatic heterocycles. The molecule has 10 nitrogen and oxygen atoms in total. The van der Waals surface area contributed by atoms with Gasteiger partial charge in [-0.05, 0) is 54.7 Å². The number of amides is 1. The third-order valence-corrected chi connectivity index (χ3v) is 10.0. The maximum atomic E-state index is 14.6. The molecule has 42 heavy (non-hydrogen) atoms. The van der Waals surface area contributed by atoms with E-state index in [1.165, 1.54) is 0 Å². The molecule has 2 bridgehead atoms. The summed E-state index contributed by atoms with van der Waals surface area (Å²) in [6.45, 7) is 2.36. The highest BCUT2D eigenvalue weighted by Gasteiger charge is 2.50. The average molecular weight is 566 g/mol. The number of nitro benzene ring substituents is 1. The number of non-ortho nitro benzene ring substituents is 1. The molecule has 1 amide bonds. The molecule has 8 rings (SSSR count). The van der Waals surface area contributed by atoms with Crippen LogP contribution in [0.15, 0.2) is 59.4 Å². The number of H-pyrrole nitrogens is 1. The van der Waals surface area contributed by atoms with Crippen LogP contribution in [0.3, 0.4) is 0 Å². The Balaban J connectivity index is 1.19. The van der Waals surface area contributed by atoms with Crippen LogP contribution in [0.4, 0.5) is 11.4 Å². The molecule has 10 heteroatoms. The second kappa shape index (κ2) is 9.20. The number of ether oxygens (including phenoxy) is 1. The fourth-order valence-electron chi connectivity index (χ4n) is 8.18. The van der Waals surface area contributed by atoms with Crippen LogP contribution in [0, 0.1) is 22.0 Å². The van der Waals surface area contributed by atoms with Gasteiger partial charge < -0.3 is 24.1 Å². The fourth-order valence-corrected chi connectivity index (χ4v) is 8.18. The van der Waals surface area contributed by atoms with Crippen molar-refractivity contribution < 1.29 is 14.5 Å². The number of methoxy groups -OCH3 is 1. The number of nitro groups is 1. The molecule has 2 aromatic carbocycles. The van der Waals surface area contributed by atoms with E-state index in [9.17, 15) is 19.7 Å². The Kier molecular flexibility index (Phi) is 5.51. The number of anilines is 1. The molecule has 4 atom stereocenters. The van der Waals surface area contributed by atoms with Crippen LogP contribution in [0.2, 0.25) is 0 Å². The summed E-state index contributed by atoms with van der Waals surface area (Å²) in [5.74, 6) is 0.761. The number of carbonyl (C=O) groups is 1. The van der Waals surface area contributed by atoms with Gasteiger partial charge >= 0.3 is 0 Å². The number of piperidine rings is 1. The van der Waals surface area contributed by atoms with Crippen LogP contribution in [0.5, 0.6) is 5.75 Å². The lowest BCUT2D eigenvalue weighted by Gasteiger charge is -2.54. The summed E-state index contributed by atoms with van der Waals surface area (Å²) in [5.41, 5.74) is 6.20. The van der Waals surface area contributed by atoms with E-state index in [1.807, 2.05) is 45.9 Å². The van der Waals surface area contributed by atoms with E-state index in [2.05, 4.69) is 9.88 Å². The Hall–Kier alpha value is -4.60. The van der Waals surface area contributed by atoms with Crippen molar-refractivity contribution in [3.63, 3.8) is 0 Å². The first-order valence-corrected chi connectivity index (χ1v) is 14.6. The lowest BCUT2D eigenvalue weighted by molar-refractivity contribution is -0.384. The van der Waals surface area contributed by atoms with E-state index in [0.29, 0.717) is 32.6 Å². The highest BCUT2D eigenvalue weighted by atomic mass is 16.6. The highest BCUT2D eigenvalue weighted by molar-refractivity contribution is 5.88. The summed E-state index contributed by atoms with van der Waals surface area (Å²) in [6.07, 6.45) is 2.10. The molecule has 1 fully saturated rings. The van der Waals surface area contributed by atoms with Crippen molar-refractivity contribution in [3.8, 4) is 5.75 Å². The first kappa shape index (κ1) is 25.1. The van der Waals surface area contributed by atoms with Crippen molar-refractivity contribution in [1.82, 2.24) is 14.5 Å². The fraction of sp³-hybridized carbons (Fsp3) is 0.375. The molecule has 0 radical (unpaired) electrons. The topological polar surface area (TPSA) is 114 Å². The Morgan fingerprint density at radius 3 is 2.83 bits per heavy atom. The monoisotopic (exact) mass is 565 g/mol. The summed E-state index contributed by atoms with van der Waals surface area (Å²) in [6, 6.07) is 16.4. The van der Waals surface area contributed by atoms with E-state index < -0.39 is 0 Å². The zero-order chi connectivity index (χ0) is 28.7. The molecular weight excluding hydrogens is 534 g/mol. The van der Waals surface area contributed by atoms with Gasteiger partial charge in [-0.3, -0.25) is 19.7 Å². The van der Waals surface area contributed by atoms with Crippen LogP contribution in [0.25, 0.3) is 10.9 Å². The first-order valence-electron chi connectivity index (χ1n) is 14.6. The third-order valence-electron chi connectivity index (χ3n) is 10.0. The molecule has 6 heterocycles. The van der Waals surface area contributed by atoms with E-state index in [0.717, 1.165) is 57.7 Å². The van der Waals surface area contributed by atoms with E-state index in [-0.39, 0.29) is 45.9 Å². The second-order valence-electron chi connectivity index (χ2n) is 12.1. The van der Waals surface area contributed by atoms with Gasteiger partial charge in [-0.1, -0.05) is 6.07 Å². The van der Waals surface area contributed by atoms with Crippen LogP contribution < -0.4 is 15.2 Å². The molecule has 0 saturated carbocycles. The van der Waals surface area contributed by atoms with Gasteiger partial charge in [-0.2, -0.15) is 0 Å². The zero-order valence-corrected chi connectivity index (χ0v) is 23.3. The Morgan fingerprint density at radius 1 is 1.12 bits per heavy atom. The number of hydrogen-bond acceptors (Lipinski definition) is 6. The van der Waals surface area contributed by atoms with Crippen molar-refractivity contribution in [2.45, 2.75) is 44.3 Å². The summed E-state index contributed by atoms with van der Waals surface area (Å²) in [4.78, 5) is 46.6. The van der Waals surface area contributed by atoms with Gasteiger partial charge in [0.15, 0.2) is 0 Å². The van der Waals surface area contributed by atoms with Gasteiger partial charge in [0.2, 0.25) is 5.91 Å². The van der Waals surface area contributed by atoms with Crippen LogP contribution >= 0.6 is 0 Å². The maximum Gasteiger partial charge on any atom is 0.269 e. The molecule has 4 aliphatic heterocycles. The lowest BCUT2D eigenvalue weighted by atomic mass is 9.69. The lowest BCUT2D eigenvalue weighted by Crippen LogP contribution is -2.61. The predicted molar refractivity (Wildman–Crippen MR) is 157 cm³/mol.